The standard InChI is InChI=1S/C21H26ClN7O2S2/c1-5-20(24,6-2)16(30)28-18-26-12-11(22)13-15(10(9-23)14(12)32-18)33-19(27-13)29-17(31)21(25,7-3)8-4/h5-8,24-25H2,1-4H3,(H,26,28,30)(H,27,29,31). The fraction of sp³-hybridized carbons (Fsp3) is 0.476. The Labute approximate surface area is 204 Å². The van der Waals surface area contributed by atoms with Crippen LogP contribution in [0.15, 0.2) is 0 Å². The van der Waals surface area contributed by atoms with Gasteiger partial charge in [0.1, 0.15) is 17.1 Å². The predicted molar refractivity (Wildman–Crippen MR) is 135 cm³/mol. The number of nitrogens with one attached hydrogen (secondary N) is 2. The number of carbonyl (C=O) groups excluding carboxylic acids is 2. The van der Waals surface area contributed by atoms with Crippen molar-refractivity contribution in [1.82, 2.24) is 9.97 Å². The number of nitriles is 1. The molecule has 0 aliphatic heterocycles. The second-order valence-electron chi connectivity index (χ2n) is 7.83. The molecule has 176 valence electrons. The average Bonchev–Trinajstić information content (AvgIpc) is 3.42. The summed E-state index contributed by atoms with van der Waals surface area (Å²) < 4.78 is 1.05. The first kappa shape index (κ1) is 25.3. The van der Waals surface area contributed by atoms with Gasteiger partial charge in [-0.05, 0) is 25.7 Å². The second-order valence-corrected chi connectivity index (χ2v) is 10.2. The average molecular weight is 508 g/mol. The van der Waals surface area contributed by atoms with Gasteiger partial charge in [-0.1, -0.05) is 62.0 Å². The Kier molecular flexibility index (Phi) is 7.26. The van der Waals surface area contributed by atoms with Gasteiger partial charge in [-0.15, -0.1) is 0 Å². The van der Waals surface area contributed by atoms with Crippen LogP contribution < -0.4 is 22.1 Å². The Balaban J connectivity index is 2.05. The third kappa shape index (κ3) is 4.41. The van der Waals surface area contributed by atoms with Gasteiger partial charge in [-0.3, -0.25) is 9.59 Å². The monoisotopic (exact) mass is 507 g/mol. The SMILES string of the molecule is CCC(N)(CC)C(=O)Nc1nc2c(Cl)c3nc(NC(=O)C(N)(CC)CC)sc3c(C#N)c2s1. The molecule has 33 heavy (non-hydrogen) atoms. The molecule has 0 radical (unpaired) electrons. The van der Waals surface area contributed by atoms with E-state index in [0.717, 1.165) is 22.7 Å². The summed E-state index contributed by atoms with van der Waals surface area (Å²) in [4.78, 5) is 34.2. The zero-order valence-electron chi connectivity index (χ0n) is 18.8. The lowest BCUT2D eigenvalue weighted by atomic mass is 9.93. The number of carbonyl (C=O) groups is 2. The van der Waals surface area contributed by atoms with Crippen LogP contribution in [0.25, 0.3) is 20.4 Å². The van der Waals surface area contributed by atoms with E-state index in [2.05, 4.69) is 26.7 Å². The van der Waals surface area contributed by atoms with Crippen molar-refractivity contribution in [2.75, 3.05) is 10.6 Å². The van der Waals surface area contributed by atoms with Gasteiger partial charge in [0.2, 0.25) is 11.8 Å². The summed E-state index contributed by atoms with van der Waals surface area (Å²) in [5, 5.41) is 16.2. The number of rotatable bonds is 8. The summed E-state index contributed by atoms with van der Waals surface area (Å²) >= 11 is 8.88. The van der Waals surface area contributed by atoms with Crippen LogP contribution in [0.1, 0.15) is 58.9 Å². The molecule has 12 heteroatoms. The maximum Gasteiger partial charge on any atom is 0.246 e. The van der Waals surface area contributed by atoms with E-state index in [1.54, 1.807) is 0 Å². The third-order valence-electron chi connectivity index (χ3n) is 6.11. The smallest absolute Gasteiger partial charge is 0.246 e. The molecule has 0 saturated heterocycles. The van der Waals surface area contributed by atoms with Crippen molar-refractivity contribution >= 4 is 76.8 Å². The Bertz CT molecular complexity index is 1180. The van der Waals surface area contributed by atoms with Crippen LogP contribution >= 0.6 is 34.3 Å². The fourth-order valence-corrected chi connectivity index (χ4v) is 5.67. The lowest BCUT2D eigenvalue weighted by molar-refractivity contribution is -0.122. The number of thiazole rings is 2. The molecule has 9 nitrogen and oxygen atoms in total. The molecular formula is C21H26ClN7O2S2. The summed E-state index contributed by atoms with van der Waals surface area (Å²) in [6, 6.07) is 2.19. The fourth-order valence-electron chi connectivity index (χ4n) is 3.29. The van der Waals surface area contributed by atoms with Crippen molar-refractivity contribution in [2.24, 2.45) is 11.5 Å². The molecule has 0 saturated carbocycles. The highest BCUT2D eigenvalue weighted by molar-refractivity contribution is 7.25. The molecule has 1 aromatic carbocycles. The maximum absolute atomic E-state index is 12.6. The van der Waals surface area contributed by atoms with Crippen molar-refractivity contribution in [1.29, 1.82) is 5.26 Å². The number of amides is 2. The zero-order chi connectivity index (χ0) is 24.6. The number of hydrogen-bond donors (Lipinski definition) is 4. The Morgan fingerprint density at radius 2 is 1.27 bits per heavy atom. The number of nitrogens with zero attached hydrogens (tertiary/aromatic N) is 3. The van der Waals surface area contributed by atoms with Crippen LogP contribution in [0, 0.1) is 11.3 Å². The molecule has 0 fully saturated rings. The number of halogens is 1. The van der Waals surface area contributed by atoms with E-state index in [-0.39, 0.29) is 16.8 Å². The van der Waals surface area contributed by atoms with Crippen LogP contribution in [-0.4, -0.2) is 32.9 Å². The van der Waals surface area contributed by atoms with Crippen molar-refractivity contribution in [3.05, 3.63) is 10.6 Å². The molecule has 0 unspecified atom stereocenters. The third-order valence-corrected chi connectivity index (χ3v) is 8.44. The van der Waals surface area contributed by atoms with Crippen LogP contribution in [0.4, 0.5) is 10.3 Å². The molecule has 6 N–H and O–H groups in total. The first-order valence-corrected chi connectivity index (χ1v) is 12.6. The summed E-state index contributed by atoms with van der Waals surface area (Å²) in [5.74, 6) is -0.688. The number of hydrogen-bond acceptors (Lipinski definition) is 9. The van der Waals surface area contributed by atoms with Gasteiger partial charge in [0.25, 0.3) is 0 Å². The maximum atomic E-state index is 12.6. The quantitative estimate of drug-likeness (QED) is 0.352. The van der Waals surface area contributed by atoms with Crippen LogP contribution in [0.5, 0.6) is 0 Å². The largest absolute Gasteiger partial charge is 0.317 e. The molecule has 0 aliphatic carbocycles. The van der Waals surface area contributed by atoms with Crippen molar-refractivity contribution in [2.45, 2.75) is 64.5 Å². The molecule has 2 heterocycles. The lowest BCUT2D eigenvalue weighted by Gasteiger charge is -2.24. The van der Waals surface area contributed by atoms with Crippen molar-refractivity contribution in [3.63, 3.8) is 0 Å². The Morgan fingerprint density at radius 3 is 1.58 bits per heavy atom. The number of nitrogens with two attached hydrogens (primary N) is 2. The highest BCUT2D eigenvalue weighted by Crippen LogP contribution is 2.43. The molecule has 0 bridgehead atoms. The molecule has 0 spiro atoms. The normalized spacial score (nSPS) is 12.2. The number of benzene rings is 1. The van der Waals surface area contributed by atoms with Crippen molar-refractivity contribution < 1.29 is 9.59 Å². The van der Waals surface area contributed by atoms with Gasteiger partial charge in [0.15, 0.2) is 10.3 Å². The summed E-state index contributed by atoms with van der Waals surface area (Å²) in [5.41, 5.74) is 11.4. The topological polar surface area (TPSA) is 160 Å². The molecular weight excluding hydrogens is 482 g/mol. The summed E-state index contributed by atoms with van der Waals surface area (Å²) in [6.07, 6.45) is 1.88. The van der Waals surface area contributed by atoms with Gasteiger partial charge in [-0.25, -0.2) is 9.97 Å². The number of aromatic nitrogens is 2. The minimum absolute atomic E-state index is 0.238. The van der Waals surface area contributed by atoms with E-state index in [1.807, 2.05) is 27.7 Å². The van der Waals surface area contributed by atoms with E-state index < -0.39 is 11.1 Å². The highest BCUT2D eigenvalue weighted by atomic mass is 35.5. The van der Waals surface area contributed by atoms with Gasteiger partial charge in [-0.2, -0.15) is 5.26 Å². The van der Waals surface area contributed by atoms with E-state index >= 15 is 0 Å². The zero-order valence-corrected chi connectivity index (χ0v) is 21.2. The van der Waals surface area contributed by atoms with Gasteiger partial charge in [0.05, 0.1) is 31.1 Å². The van der Waals surface area contributed by atoms with E-state index in [4.69, 9.17) is 23.1 Å². The van der Waals surface area contributed by atoms with Crippen molar-refractivity contribution in [3.8, 4) is 6.07 Å². The summed E-state index contributed by atoms with van der Waals surface area (Å²) in [7, 11) is 0. The van der Waals surface area contributed by atoms with E-state index in [9.17, 15) is 14.9 Å². The predicted octanol–water partition coefficient (Wildman–Crippen LogP) is 4.34. The molecule has 2 aromatic heterocycles. The molecule has 3 aromatic rings. The van der Waals surface area contributed by atoms with E-state index in [0.29, 0.717) is 61.9 Å². The van der Waals surface area contributed by atoms with Crippen LogP contribution in [-0.2, 0) is 9.59 Å². The van der Waals surface area contributed by atoms with Crippen LogP contribution in [0.2, 0.25) is 5.02 Å². The lowest BCUT2D eigenvalue weighted by Crippen LogP contribution is -2.50. The van der Waals surface area contributed by atoms with Crippen LogP contribution in [0.3, 0.4) is 0 Å². The molecule has 2 amide bonds. The minimum atomic E-state index is -1.01. The summed E-state index contributed by atoms with van der Waals surface area (Å²) in [6.45, 7) is 7.38. The Morgan fingerprint density at radius 1 is 0.909 bits per heavy atom. The van der Waals surface area contributed by atoms with Gasteiger partial charge in [0, 0.05) is 0 Å². The Hall–Kier alpha value is -2.36. The second kappa shape index (κ2) is 9.48. The van der Waals surface area contributed by atoms with Gasteiger partial charge >= 0.3 is 0 Å². The highest BCUT2D eigenvalue weighted by Gasteiger charge is 2.32. The first-order valence-electron chi connectivity index (χ1n) is 10.6. The first-order chi connectivity index (χ1) is 15.6. The minimum Gasteiger partial charge on any atom is -0.317 e. The molecule has 0 atom stereocenters. The molecule has 3 rings (SSSR count). The van der Waals surface area contributed by atoms with E-state index in [1.165, 1.54) is 0 Å². The molecule has 0 aliphatic rings. The van der Waals surface area contributed by atoms with Gasteiger partial charge < -0.3 is 22.1 Å². The number of fused-ring (bicyclic) bond motifs is 2. The number of anilines is 2.